The molecule has 2 aromatic rings. The van der Waals surface area contributed by atoms with Gasteiger partial charge in [0.2, 0.25) is 5.91 Å². The van der Waals surface area contributed by atoms with Crippen molar-refractivity contribution in [2.24, 2.45) is 5.92 Å². The van der Waals surface area contributed by atoms with Crippen LogP contribution in [0, 0.1) is 5.92 Å². The highest BCUT2D eigenvalue weighted by Gasteiger charge is 2.38. The summed E-state index contributed by atoms with van der Waals surface area (Å²) in [7, 11) is 0. The summed E-state index contributed by atoms with van der Waals surface area (Å²) in [4.78, 5) is 29.9. The van der Waals surface area contributed by atoms with E-state index in [1.807, 2.05) is 23.1 Å². The van der Waals surface area contributed by atoms with E-state index < -0.39 is 6.04 Å². The summed E-state index contributed by atoms with van der Waals surface area (Å²) >= 11 is 0. The second-order valence-electron chi connectivity index (χ2n) is 7.41. The molecule has 4 rings (SSSR count). The fourth-order valence-corrected chi connectivity index (χ4v) is 3.94. The smallest absolute Gasteiger partial charge is 0.290 e. The number of fused-ring (bicyclic) bond motifs is 1. The van der Waals surface area contributed by atoms with E-state index in [1.54, 1.807) is 17.0 Å². The fraction of sp³-hybridized carbons (Fsp3) is 0.429. The third-order valence-corrected chi connectivity index (χ3v) is 5.62. The molecular formula is C21H24N2O3. The third-order valence-electron chi connectivity index (χ3n) is 5.62. The second kappa shape index (κ2) is 6.98. The van der Waals surface area contributed by atoms with E-state index in [-0.39, 0.29) is 17.6 Å². The van der Waals surface area contributed by atoms with E-state index >= 15 is 0 Å². The van der Waals surface area contributed by atoms with Crippen molar-refractivity contribution >= 4 is 11.8 Å². The first-order chi connectivity index (χ1) is 12.6. The van der Waals surface area contributed by atoms with Crippen LogP contribution in [0.5, 0.6) is 0 Å². The van der Waals surface area contributed by atoms with Crippen LogP contribution in [0.1, 0.15) is 41.4 Å². The minimum absolute atomic E-state index is 0.0614. The van der Waals surface area contributed by atoms with Crippen LogP contribution >= 0.6 is 0 Å². The van der Waals surface area contributed by atoms with Gasteiger partial charge in [0.25, 0.3) is 5.91 Å². The predicted molar refractivity (Wildman–Crippen MR) is 97.5 cm³/mol. The highest BCUT2D eigenvalue weighted by molar-refractivity contribution is 5.96. The van der Waals surface area contributed by atoms with Gasteiger partial charge in [-0.1, -0.05) is 31.2 Å². The van der Waals surface area contributed by atoms with Crippen LogP contribution in [0.25, 0.3) is 0 Å². The van der Waals surface area contributed by atoms with Crippen molar-refractivity contribution in [1.82, 2.24) is 9.80 Å². The zero-order valence-corrected chi connectivity index (χ0v) is 15.1. The fourth-order valence-electron chi connectivity index (χ4n) is 3.94. The Balaban J connectivity index is 1.63. The number of amides is 2. The number of benzene rings is 1. The lowest BCUT2D eigenvalue weighted by molar-refractivity contribution is -0.138. The number of furan rings is 1. The van der Waals surface area contributed by atoms with E-state index in [0.29, 0.717) is 18.9 Å². The van der Waals surface area contributed by atoms with Crippen LogP contribution in [0.2, 0.25) is 0 Å². The predicted octanol–water partition coefficient (Wildman–Crippen LogP) is 3.11. The molecule has 0 unspecified atom stereocenters. The van der Waals surface area contributed by atoms with Gasteiger partial charge in [0, 0.05) is 26.1 Å². The summed E-state index contributed by atoms with van der Waals surface area (Å²) in [5.41, 5.74) is 2.25. The van der Waals surface area contributed by atoms with Gasteiger partial charge in [0.05, 0.1) is 6.26 Å². The zero-order chi connectivity index (χ0) is 18.1. The number of hydrogen-bond acceptors (Lipinski definition) is 3. The molecule has 136 valence electrons. The maximum absolute atomic E-state index is 13.3. The quantitative estimate of drug-likeness (QED) is 0.834. The van der Waals surface area contributed by atoms with Crippen LogP contribution in [-0.4, -0.2) is 40.7 Å². The Morgan fingerprint density at radius 2 is 1.77 bits per heavy atom. The monoisotopic (exact) mass is 352 g/mol. The van der Waals surface area contributed by atoms with Gasteiger partial charge >= 0.3 is 0 Å². The SMILES string of the molecule is CC1CCN(C(=O)[C@H]2Cc3ccccc3CN2C(=O)c2ccco2)CC1. The van der Waals surface area contributed by atoms with Gasteiger partial charge in [-0.2, -0.15) is 0 Å². The molecule has 1 fully saturated rings. The number of hydrogen-bond donors (Lipinski definition) is 0. The molecule has 1 aromatic carbocycles. The van der Waals surface area contributed by atoms with Crippen LogP contribution in [0.15, 0.2) is 47.1 Å². The number of piperidine rings is 1. The van der Waals surface area contributed by atoms with Gasteiger partial charge in [0.1, 0.15) is 6.04 Å². The van der Waals surface area contributed by atoms with Crippen molar-refractivity contribution in [2.45, 2.75) is 38.8 Å². The molecule has 2 amide bonds. The van der Waals surface area contributed by atoms with Crippen LogP contribution in [0.3, 0.4) is 0 Å². The Morgan fingerprint density at radius 1 is 1.04 bits per heavy atom. The standard InChI is InChI=1S/C21H24N2O3/c1-15-8-10-22(11-9-15)20(24)18-13-16-5-2-3-6-17(16)14-23(18)21(25)19-7-4-12-26-19/h2-7,12,15,18H,8-11,13-14H2,1H3/t18-/m1/s1. The van der Waals surface area contributed by atoms with Gasteiger partial charge in [-0.15, -0.1) is 0 Å². The van der Waals surface area contributed by atoms with Gasteiger partial charge in [-0.05, 0) is 42.0 Å². The van der Waals surface area contributed by atoms with Crippen molar-refractivity contribution in [3.8, 4) is 0 Å². The summed E-state index contributed by atoms with van der Waals surface area (Å²) in [5.74, 6) is 0.793. The molecule has 3 heterocycles. The van der Waals surface area contributed by atoms with Crippen molar-refractivity contribution in [3.05, 3.63) is 59.5 Å². The highest BCUT2D eigenvalue weighted by atomic mass is 16.3. The lowest BCUT2D eigenvalue weighted by Gasteiger charge is -2.40. The average Bonchev–Trinajstić information content (AvgIpc) is 3.21. The number of rotatable bonds is 2. The van der Waals surface area contributed by atoms with E-state index in [4.69, 9.17) is 4.42 Å². The molecule has 5 heteroatoms. The average molecular weight is 352 g/mol. The maximum Gasteiger partial charge on any atom is 0.290 e. The molecular weight excluding hydrogens is 328 g/mol. The van der Waals surface area contributed by atoms with Crippen molar-refractivity contribution in [3.63, 3.8) is 0 Å². The summed E-state index contributed by atoms with van der Waals surface area (Å²) in [6.45, 7) is 4.23. The van der Waals surface area contributed by atoms with Gasteiger partial charge in [-0.3, -0.25) is 9.59 Å². The number of nitrogens with zero attached hydrogens (tertiary/aromatic N) is 2. The Morgan fingerprint density at radius 3 is 2.46 bits per heavy atom. The van der Waals surface area contributed by atoms with E-state index in [2.05, 4.69) is 13.0 Å². The molecule has 1 saturated heterocycles. The number of carbonyl (C=O) groups is 2. The first kappa shape index (κ1) is 16.9. The Bertz CT molecular complexity index is 791. The second-order valence-corrected chi connectivity index (χ2v) is 7.41. The first-order valence-corrected chi connectivity index (χ1v) is 9.33. The van der Waals surface area contributed by atoms with Gasteiger partial charge in [0.15, 0.2) is 5.76 Å². The zero-order valence-electron chi connectivity index (χ0n) is 15.1. The molecule has 5 nitrogen and oxygen atoms in total. The Hall–Kier alpha value is -2.56. The largest absolute Gasteiger partial charge is 0.459 e. The van der Waals surface area contributed by atoms with Crippen LogP contribution < -0.4 is 0 Å². The molecule has 0 bridgehead atoms. The van der Waals surface area contributed by atoms with Crippen LogP contribution in [0.4, 0.5) is 0 Å². The lowest BCUT2D eigenvalue weighted by Crippen LogP contribution is -2.54. The summed E-state index contributed by atoms with van der Waals surface area (Å²) in [6, 6.07) is 11.0. The molecule has 1 aromatic heterocycles. The number of carbonyl (C=O) groups excluding carboxylic acids is 2. The van der Waals surface area contributed by atoms with Gasteiger partial charge in [-0.25, -0.2) is 0 Å². The molecule has 26 heavy (non-hydrogen) atoms. The topological polar surface area (TPSA) is 53.8 Å². The van der Waals surface area contributed by atoms with Crippen molar-refractivity contribution in [2.75, 3.05) is 13.1 Å². The first-order valence-electron chi connectivity index (χ1n) is 9.33. The minimum Gasteiger partial charge on any atom is -0.459 e. The summed E-state index contributed by atoms with van der Waals surface area (Å²) in [6.07, 6.45) is 4.11. The molecule has 0 radical (unpaired) electrons. The molecule has 0 aliphatic carbocycles. The molecule has 1 atom stereocenters. The van der Waals surface area contributed by atoms with E-state index in [9.17, 15) is 9.59 Å². The normalized spacial score (nSPS) is 20.7. The summed E-state index contributed by atoms with van der Waals surface area (Å²) in [5, 5.41) is 0. The van der Waals surface area contributed by atoms with Crippen LogP contribution in [-0.2, 0) is 17.8 Å². The summed E-state index contributed by atoms with van der Waals surface area (Å²) < 4.78 is 5.31. The molecule has 2 aliphatic heterocycles. The minimum atomic E-state index is -0.462. The molecule has 0 N–H and O–H groups in total. The van der Waals surface area contributed by atoms with E-state index in [0.717, 1.165) is 37.1 Å². The molecule has 0 spiro atoms. The number of likely N-dealkylation sites (tertiary alicyclic amines) is 1. The van der Waals surface area contributed by atoms with Crippen molar-refractivity contribution in [1.29, 1.82) is 0 Å². The van der Waals surface area contributed by atoms with E-state index in [1.165, 1.54) is 6.26 Å². The Kier molecular flexibility index (Phi) is 4.53. The lowest BCUT2D eigenvalue weighted by atomic mass is 9.91. The van der Waals surface area contributed by atoms with Gasteiger partial charge < -0.3 is 14.2 Å². The highest BCUT2D eigenvalue weighted by Crippen LogP contribution is 2.27. The molecule has 2 aliphatic rings. The molecule has 0 saturated carbocycles. The third kappa shape index (κ3) is 3.14. The Labute approximate surface area is 153 Å². The maximum atomic E-state index is 13.3. The van der Waals surface area contributed by atoms with Crippen molar-refractivity contribution < 1.29 is 14.0 Å².